The van der Waals surface area contributed by atoms with E-state index in [1.165, 1.54) is 10.9 Å². The van der Waals surface area contributed by atoms with Crippen molar-refractivity contribution < 1.29 is 0 Å². The number of fused-ring (bicyclic) bond motifs is 1. The van der Waals surface area contributed by atoms with Gasteiger partial charge in [-0.2, -0.15) is 0 Å². The Morgan fingerprint density at radius 1 is 1.25 bits per heavy atom. The minimum Gasteiger partial charge on any atom is -0.375 e. The molecule has 0 saturated heterocycles. The number of aromatic nitrogens is 1. The summed E-state index contributed by atoms with van der Waals surface area (Å²) in [6.07, 6.45) is 0. The van der Waals surface area contributed by atoms with Crippen molar-refractivity contribution in [2.24, 2.45) is 0 Å². The van der Waals surface area contributed by atoms with E-state index in [0.717, 1.165) is 5.82 Å². The topological polar surface area (TPSA) is 27.8 Å². The molecule has 0 aliphatic carbocycles. The van der Waals surface area contributed by atoms with Crippen molar-refractivity contribution in [3.8, 4) is 0 Å². The van der Waals surface area contributed by atoms with Crippen LogP contribution < -0.4 is 5.32 Å². The molecule has 1 aromatic heterocycles. The van der Waals surface area contributed by atoms with Crippen LogP contribution in [0.15, 0.2) is 30.3 Å². The smallest absolute Gasteiger partial charge is 0.104 e. The summed E-state index contributed by atoms with van der Waals surface area (Å²) in [4.78, 5) is 3.23. The molecule has 0 aliphatic rings. The van der Waals surface area contributed by atoms with Crippen LogP contribution in [0.2, 0.25) is 0 Å². The summed E-state index contributed by atoms with van der Waals surface area (Å²) < 4.78 is 0. The third-order valence-corrected chi connectivity index (χ3v) is 1.80. The van der Waals surface area contributed by atoms with E-state index >= 15 is 0 Å². The molecule has 0 spiro atoms. The Hall–Kier alpha value is -1.15. The molecule has 12 heavy (non-hydrogen) atoms. The van der Waals surface area contributed by atoms with Crippen molar-refractivity contribution in [3.63, 3.8) is 0 Å². The Balaban J connectivity index is 0.000000720. The average molecular weight is 183 g/mol. The molecule has 0 aliphatic heterocycles. The van der Waals surface area contributed by atoms with Crippen LogP contribution in [-0.4, -0.2) is 12.0 Å². The lowest BCUT2D eigenvalue weighted by Crippen LogP contribution is -1.85. The molecular weight excluding hydrogens is 172 g/mol. The average Bonchev–Trinajstić information content (AvgIpc) is 2.46. The first-order valence-electron chi connectivity index (χ1n) is 3.65. The molecule has 0 amide bonds. The van der Waals surface area contributed by atoms with E-state index in [1.54, 1.807) is 0 Å². The number of hydrogen-bond donors (Lipinski definition) is 2. The lowest BCUT2D eigenvalue weighted by molar-refractivity contribution is 1.39. The van der Waals surface area contributed by atoms with Gasteiger partial charge < -0.3 is 10.3 Å². The van der Waals surface area contributed by atoms with E-state index < -0.39 is 0 Å². The van der Waals surface area contributed by atoms with Crippen LogP contribution in [0.1, 0.15) is 0 Å². The molecule has 1 aromatic carbocycles. The maximum atomic E-state index is 3.23. The van der Waals surface area contributed by atoms with Crippen LogP contribution in [0.5, 0.6) is 0 Å². The number of hydrogen-bond acceptors (Lipinski definition) is 1. The molecule has 0 radical (unpaired) electrons. The minimum absolute atomic E-state index is 0. The summed E-state index contributed by atoms with van der Waals surface area (Å²) in [5, 5.41) is 4.31. The first-order valence-corrected chi connectivity index (χ1v) is 3.65. The van der Waals surface area contributed by atoms with Crippen molar-refractivity contribution in [1.29, 1.82) is 0 Å². The molecule has 0 fully saturated rings. The molecule has 0 bridgehead atoms. The second-order valence-corrected chi connectivity index (χ2v) is 2.52. The zero-order valence-corrected chi connectivity index (χ0v) is 7.61. The predicted octanol–water partition coefficient (Wildman–Crippen LogP) is 2.63. The summed E-state index contributed by atoms with van der Waals surface area (Å²) in [5.74, 6) is 1.06. The number of rotatable bonds is 1. The lowest BCUT2D eigenvalue weighted by atomic mass is 10.2. The second kappa shape index (κ2) is 3.50. The molecule has 2 N–H and O–H groups in total. The molecule has 0 saturated carbocycles. The lowest BCUT2D eigenvalue weighted by Gasteiger charge is -1.89. The molecular formula is C9H11ClN2. The van der Waals surface area contributed by atoms with E-state index in [-0.39, 0.29) is 12.4 Å². The summed E-state index contributed by atoms with van der Waals surface area (Å²) in [7, 11) is 1.91. The third kappa shape index (κ3) is 1.38. The molecule has 64 valence electrons. The van der Waals surface area contributed by atoms with Crippen molar-refractivity contribution in [3.05, 3.63) is 30.3 Å². The maximum absolute atomic E-state index is 3.23. The van der Waals surface area contributed by atoms with Gasteiger partial charge in [-0.1, -0.05) is 18.2 Å². The van der Waals surface area contributed by atoms with Crippen molar-refractivity contribution in [2.75, 3.05) is 12.4 Å². The Morgan fingerprint density at radius 3 is 2.67 bits per heavy atom. The minimum atomic E-state index is 0. The van der Waals surface area contributed by atoms with Crippen LogP contribution in [0.3, 0.4) is 0 Å². The molecule has 2 aromatic rings. The van der Waals surface area contributed by atoms with Gasteiger partial charge in [-0.25, -0.2) is 0 Å². The fourth-order valence-electron chi connectivity index (χ4n) is 1.21. The Bertz CT molecular complexity index is 334. The van der Waals surface area contributed by atoms with E-state index in [4.69, 9.17) is 0 Å². The SMILES string of the molecule is CNc1cc2ccccc2[nH]1.Cl. The monoisotopic (exact) mass is 182 g/mol. The molecule has 1 heterocycles. The molecule has 3 heteroatoms. The molecule has 0 atom stereocenters. The van der Waals surface area contributed by atoms with Gasteiger partial charge in [0, 0.05) is 18.0 Å². The second-order valence-electron chi connectivity index (χ2n) is 2.52. The van der Waals surface area contributed by atoms with Gasteiger partial charge in [0.05, 0.1) is 0 Å². The van der Waals surface area contributed by atoms with Crippen molar-refractivity contribution in [1.82, 2.24) is 4.98 Å². The number of nitrogens with one attached hydrogen (secondary N) is 2. The van der Waals surface area contributed by atoms with Crippen LogP contribution in [0.4, 0.5) is 5.82 Å². The van der Waals surface area contributed by atoms with Crippen LogP contribution >= 0.6 is 12.4 Å². The first-order chi connectivity index (χ1) is 5.40. The van der Waals surface area contributed by atoms with Crippen LogP contribution in [-0.2, 0) is 0 Å². The van der Waals surface area contributed by atoms with Crippen LogP contribution in [0, 0.1) is 0 Å². The number of H-pyrrole nitrogens is 1. The third-order valence-electron chi connectivity index (χ3n) is 1.80. The van der Waals surface area contributed by atoms with E-state index in [2.05, 4.69) is 28.5 Å². The van der Waals surface area contributed by atoms with Crippen LogP contribution in [0.25, 0.3) is 10.9 Å². The van der Waals surface area contributed by atoms with Gasteiger partial charge in [0.2, 0.25) is 0 Å². The van der Waals surface area contributed by atoms with E-state index in [9.17, 15) is 0 Å². The Labute approximate surface area is 77.4 Å². The van der Waals surface area contributed by atoms with Crippen molar-refractivity contribution >= 4 is 29.1 Å². The summed E-state index contributed by atoms with van der Waals surface area (Å²) in [5.41, 5.74) is 1.18. The standard InChI is InChI=1S/C9H10N2.ClH/c1-10-9-6-7-4-2-3-5-8(7)11-9;/h2-6,10-11H,1H3;1H. The first kappa shape index (κ1) is 8.94. The Kier molecular flexibility index (Phi) is 2.61. The summed E-state index contributed by atoms with van der Waals surface area (Å²) >= 11 is 0. The molecule has 2 rings (SSSR count). The number of aromatic amines is 1. The number of anilines is 1. The normalized spacial score (nSPS) is 9.42. The van der Waals surface area contributed by atoms with Crippen molar-refractivity contribution in [2.45, 2.75) is 0 Å². The highest BCUT2D eigenvalue weighted by atomic mass is 35.5. The largest absolute Gasteiger partial charge is 0.375 e. The van der Waals surface area contributed by atoms with Gasteiger partial charge in [-0.3, -0.25) is 0 Å². The van der Waals surface area contributed by atoms with Gasteiger partial charge in [-0.15, -0.1) is 12.4 Å². The van der Waals surface area contributed by atoms with E-state index in [1.807, 2.05) is 19.2 Å². The zero-order valence-electron chi connectivity index (χ0n) is 6.79. The fourth-order valence-corrected chi connectivity index (χ4v) is 1.21. The van der Waals surface area contributed by atoms with Gasteiger partial charge >= 0.3 is 0 Å². The zero-order chi connectivity index (χ0) is 7.68. The van der Waals surface area contributed by atoms with Gasteiger partial charge in [-0.05, 0) is 12.1 Å². The number of halogens is 1. The van der Waals surface area contributed by atoms with E-state index in [0.29, 0.717) is 0 Å². The summed E-state index contributed by atoms with van der Waals surface area (Å²) in [6.45, 7) is 0. The maximum Gasteiger partial charge on any atom is 0.104 e. The highest BCUT2D eigenvalue weighted by molar-refractivity contribution is 5.85. The van der Waals surface area contributed by atoms with Gasteiger partial charge in [0.15, 0.2) is 0 Å². The fraction of sp³-hybridized carbons (Fsp3) is 0.111. The Morgan fingerprint density at radius 2 is 2.00 bits per heavy atom. The number of benzene rings is 1. The van der Waals surface area contributed by atoms with Gasteiger partial charge in [0.1, 0.15) is 5.82 Å². The summed E-state index contributed by atoms with van der Waals surface area (Å²) in [6, 6.07) is 10.3. The predicted molar refractivity (Wildman–Crippen MR) is 55.1 cm³/mol. The van der Waals surface area contributed by atoms with Gasteiger partial charge in [0.25, 0.3) is 0 Å². The molecule has 0 unspecified atom stereocenters. The molecule has 2 nitrogen and oxygen atoms in total. The highest BCUT2D eigenvalue weighted by Crippen LogP contribution is 2.16. The highest BCUT2D eigenvalue weighted by Gasteiger charge is 1.95. The number of para-hydroxylation sites is 1. The quantitative estimate of drug-likeness (QED) is 0.697.